The molecule has 0 amide bonds. The van der Waals surface area contributed by atoms with Gasteiger partial charge in [-0.2, -0.15) is 0 Å². The van der Waals surface area contributed by atoms with E-state index in [4.69, 9.17) is 4.74 Å². The maximum atomic E-state index is 5.39. The van der Waals surface area contributed by atoms with E-state index >= 15 is 0 Å². The summed E-state index contributed by atoms with van der Waals surface area (Å²) in [6.45, 7) is 7.16. The molecule has 5 heteroatoms. The smallest absolute Gasteiger partial charge is 0.153 e. The van der Waals surface area contributed by atoms with Crippen molar-refractivity contribution in [3.8, 4) is 0 Å². The molecule has 0 aliphatic carbocycles. The molecule has 0 saturated carbocycles. The number of nitrogens with zero attached hydrogens (tertiary/aromatic N) is 3. The van der Waals surface area contributed by atoms with Gasteiger partial charge in [-0.15, -0.1) is 12.4 Å². The fourth-order valence-electron chi connectivity index (χ4n) is 3.20. The molecule has 1 saturated heterocycles. The van der Waals surface area contributed by atoms with Crippen molar-refractivity contribution in [3.63, 3.8) is 0 Å². The van der Waals surface area contributed by atoms with Crippen molar-refractivity contribution in [3.05, 3.63) is 23.5 Å². The molecule has 1 aliphatic heterocycles. The molecule has 0 unspecified atom stereocenters. The van der Waals surface area contributed by atoms with Crippen LogP contribution in [0.2, 0.25) is 0 Å². The van der Waals surface area contributed by atoms with Crippen molar-refractivity contribution in [2.75, 3.05) is 25.1 Å². The number of anilines is 1. The van der Waals surface area contributed by atoms with Crippen LogP contribution in [-0.2, 0) is 11.5 Å². The Bertz CT molecular complexity index is 617. The van der Waals surface area contributed by atoms with E-state index in [2.05, 4.69) is 34.4 Å². The predicted molar refractivity (Wildman–Crippen MR) is 89.5 cm³/mol. The highest BCUT2D eigenvalue weighted by molar-refractivity contribution is 5.93. The van der Waals surface area contributed by atoms with Crippen molar-refractivity contribution >= 4 is 29.1 Å². The lowest BCUT2D eigenvalue weighted by Gasteiger charge is -2.28. The Morgan fingerprint density at radius 2 is 1.90 bits per heavy atom. The molecule has 1 aliphatic rings. The number of ether oxygens (including phenoxy) is 1. The Hall–Kier alpha value is -1.26. The number of fused-ring (bicyclic) bond motifs is 1. The topological polar surface area (TPSA) is 30.3 Å². The van der Waals surface area contributed by atoms with Gasteiger partial charge in [0.2, 0.25) is 0 Å². The zero-order valence-corrected chi connectivity index (χ0v) is 13.9. The van der Waals surface area contributed by atoms with Gasteiger partial charge in [-0.1, -0.05) is 0 Å². The van der Waals surface area contributed by atoms with Crippen LogP contribution in [0.5, 0.6) is 0 Å². The van der Waals surface area contributed by atoms with E-state index in [-0.39, 0.29) is 12.4 Å². The van der Waals surface area contributed by atoms with E-state index in [1.807, 2.05) is 6.20 Å². The summed E-state index contributed by atoms with van der Waals surface area (Å²) < 4.78 is 7.64. The molecule has 0 N–H and O–H groups in total. The molecule has 0 spiro atoms. The number of rotatable bonds is 3. The van der Waals surface area contributed by atoms with Crippen LogP contribution in [0.15, 0.2) is 12.3 Å². The maximum Gasteiger partial charge on any atom is 0.153 e. The van der Waals surface area contributed by atoms with Crippen molar-refractivity contribution < 1.29 is 4.74 Å². The predicted octanol–water partition coefficient (Wildman–Crippen LogP) is 3.67. The average Bonchev–Trinajstić information content (AvgIpc) is 2.74. The largest absolute Gasteiger partial charge is 0.364 e. The van der Waals surface area contributed by atoms with E-state index in [0.717, 1.165) is 18.9 Å². The molecule has 116 valence electrons. The molecule has 0 bridgehead atoms. The van der Waals surface area contributed by atoms with Crippen LogP contribution >= 0.6 is 12.4 Å². The number of hydrogen-bond acceptors (Lipinski definition) is 3. The van der Waals surface area contributed by atoms with Gasteiger partial charge in [-0.25, -0.2) is 4.98 Å². The second-order valence-electron chi connectivity index (χ2n) is 5.63. The minimum Gasteiger partial charge on any atom is -0.364 e. The first kappa shape index (κ1) is 16.1. The highest BCUT2D eigenvalue weighted by atomic mass is 35.5. The monoisotopic (exact) mass is 309 g/mol. The number of hydrogen-bond donors (Lipinski definition) is 0. The molecule has 0 atom stereocenters. The molecule has 1 fully saturated rings. The molecule has 3 rings (SSSR count). The van der Waals surface area contributed by atoms with E-state index in [9.17, 15) is 0 Å². The SMILES string of the molecule is COCn1c(C)c(C)c2ccnc(N3CCCCC3)c21.Cl. The van der Waals surface area contributed by atoms with Crippen LogP contribution in [0.25, 0.3) is 10.9 Å². The van der Waals surface area contributed by atoms with Gasteiger partial charge in [0.25, 0.3) is 0 Å². The first-order valence-corrected chi connectivity index (χ1v) is 7.42. The first-order chi connectivity index (χ1) is 9.74. The Morgan fingerprint density at radius 1 is 1.19 bits per heavy atom. The molecule has 0 aromatic carbocycles. The first-order valence-electron chi connectivity index (χ1n) is 7.42. The van der Waals surface area contributed by atoms with Crippen molar-refractivity contribution in [1.82, 2.24) is 9.55 Å². The molecule has 3 heterocycles. The second kappa shape index (κ2) is 6.67. The zero-order valence-electron chi connectivity index (χ0n) is 13.1. The summed E-state index contributed by atoms with van der Waals surface area (Å²) in [5.74, 6) is 1.12. The Labute approximate surface area is 132 Å². The van der Waals surface area contributed by atoms with Crippen molar-refractivity contribution in [2.45, 2.75) is 39.8 Å². The van der Waals surface area contributed by atoms with Gasteiger partial charge in [0.05, 0.1) is 5.52 Å². The number of methoxy groups -OCH3 is 1. The number of halogens is 1. The van der Waals surface area contributed by atoms with Crippen LogP contribution in [0.3, 0.4) is 0 Å². The third-order valence-corrected chi connectivity index (χ3v) is 4.44. The molecule has 21 heavy (non-hydrogen) atoms. The lowest BCUT2D eigenvalue weighted by Crippen LogP contribution is -2.30. The van der Waals surface area contributed by atoms with Gasteiger partial charge in [0.1, 0.15) is 6.73 Å². The minimum atomic E-state index is 0. The van der Waals surface area contributed by atoms with Gasteiger partial charge in [-0.05, 0) is 44.7 Å². The summed E-state index contributed by atoms with van der Waals surface area (Å²) in [6.07, 6.45) is 5.81. The number of piperidine rings is 1. The lowest BCUT2D eigenvalue weighted by atomic mass is 10.1. The lowest BCUT2D eigenvalue weighted by molar-refractivity contribution is 0.133. The van der Waals surface area contributed by atoms with E-state index in [1.165, 1.54) is 41.4 Å². The molecule has 2 aromatic rings. The summed E-state index contributed by atoms with van der Waals surface area (Å²) >= 11 is 0. The summed E-state index contributed by atoms with van der Waals surface area (Å²) in [4.78, 5) is 7.10. The summed E-state index contributed by atoms with van der Waals surface area (Å²) in [7, 11) is 1.75. The zero-order chi connectivity index (χ0) is 14.1. The number of pyridine rings is 1. The molecule has 0 radical (unpaired) electrons. The Kier molecular flexibility index (Phi) is 5.12. The van der Waals surface area contributed by atoms with Crippen LogP contribution in [0.4, 0.5) is 5.82 Å². The standard InChI is InChI=1S/C16H23N3O.ClH/c1-12-13(2)19(11-20-3)15-14(12)7-8-17-16(15)18-9-5-4-6-10-18;/h7-8H,4-6,9-11H2,1-3H3;1H. The second-order valence-corrected chi connectivity index (χ2v) is 5.63. The highest BCUT2D eigenvalue weighted by Crippen LogP contribution is 2.32. The average molecular weight is 310 g/mol. The van der Waals surface area contributed by atoms with Crippen LogP contribution in [0.1, 0.15) is 30.5 Å². The van der Waals surface area contributed by atoms with Crippen molar-refractivity contribution in [2.24, 2.45) is 0 Å². The summed E-state index contributed by atoms with van der Waals surface area (Å²) in [5.41, 5.74) is 3.83. The maximum absolute atomic E-state index is 5.39. The van der Waals surface area contributed by atoms with Crippen LogP contribution < -0.4 is 4.90 Å². The van der Waals surface area contributed by atoms with Crippen LogP contribution in [-0.4, -0.2) is 29.8 Å². The fourth-order valence-corrected chi connectivity index (χ4v) is 3.20. The van der Waals surface area contributed by atoms with E-state index < -0.39 is 0 Å². The Balaban J connectivity index is 0.00000161. The van der Waals surface area contributed by atoms with E-state index in [0.29, 0.717) is 6.73 Å². The van der Waals surface area contributed by atoms with E-state index in [1.54, 1.807) is 7.11 Å². The molecule has 4 nitrogen and oxygen atoms in total. The minimum absolute atomic E-state index is 0. The normalized spacial score (nSPS) is 15.3. The third-order valence-electron chi connectivity index (χ3n) is 4.44. The van der Waals surface area contributed by atoms with Gasteiger partial charge in [0.15, 0.2) is 5.82 Å². The fraction of sp³-hybridized carbons (Fsp3) is 0.562. The third kappa shape index (κ3) is 2.74. The van der Waals surface area contributed by atoms with Gasteiger partial charge in [0, 0.05) is 37.5 Å². The molecule has 2 aromatic heterocycles. The molecular weight excluding hydrogens is 286 g/mol. The number of aromatic nitrogens is 2. The van der Waals surface area contributed by atoms with Crippen LogP contribution in [0, 0.1) is 13.8 Å². The summed E-state index contributed by atoms with van der Waals surface area (Å²) in [6, 6.07) is 2.12. The Morgan fingerprint density at radius 3 is 2.57 bits per heavy atom. The quantitative estimate of drug-likeness (QED) is 0.866. The highest BCUT2D eigenvalue weighted by Gasteiger charge is 2.20. The molecular formula is C16H24ClN3O. The van der Waals surface area contributed by atoms with Gasteiger partial charge in [-0.3, -0.25) is 0 Å². The van der Waals surface area contributed by atoms with Gasteiger partial charge < -0.3 is 14.2 Å². The van der Waals surface area contributed by atoms with Crippen molar-refractivity contribution in [1.29, 1.82) is 0 Å². The number of aryl methyl sites for hydroxylation is 1. The summed E-state index contributed by atoms with van der Waals surface area (Å²) in [5, 5.41) is 1.30. The van der Waals surface area contributed by atoms with Gasteiger partial charge >= 0.3 is 0 Å².